The molecule has 0 heteroatoms. The summed E-state index contributed by atoms with van der Waals surface area (Å²) in [6.45, 7) is 5.91. The molecule has 0 rings (SSSR count). The summed E-state index contributed by atoms with van der Waals surface area (Å²) < 4.78 is 0. The summed E-state index contributed by atoms with van der Waals surface area (Å²) in [7, 11) is 0. The summed E-state index contributed by atoms with van der Waals surface area (Å²) in [4.78, 5) is 0. The van der Waals surface area contributed by atoms with Crippen molar-refractivity contribution in [2.24, 2.45) is 0 Å². The van der Waals surface area contributed by atoms with Gasteiger partial charge in [0.2, 0.25) is 0 Å². The minimum atomic E-state index is 1.10. The number of hydrogen-bond donors (Lipinski definition) is 0. The summed E-state index contributed by atoms with van der Waals surface area (Å²) >= 11 is 0. The predicted molar refractivity (Wildman–Crippen MR) is 66.2 cm³/mol. The van der Waals surface area contributed by atoms with Crippen molar-refractivity contribution in [3.63, 3.8) is 0 Å². The number of rotatable bonds is 9. The van der Waals surface area contributed by atoms with Crippen molar-refractivity contribution in [2.45, 2.75) is 58.3 Å². The molecule has 0 nitrogen and oxygen atoms in total. The van der Waals surface area contributed by atoms with E-state index in [1.165, 1.54) is 38.5 Å². The van der Waals surface area contributed by atoms with E-state index in [1.54, 1.807) is 0 Å². The minimum Gasteiger partial charge on any atom is -0.0914 e. The molecule has 0 spiro atoms. The van der Waals surface area contributed by atoms with Crippen LogP contribution in [0.4, 0.5) is 0 Å². The number of allylic oxidation sites excluding steroid dienone is 4. The fourth-order valence-corrected chi connectivity index (χ4v) is 1.40. The summed E-state index contributed by atoms with van der Waals surface area (Å²) in [5.74, 6) is 0. The molecule has 0 aromatic heterocycles. The Bertz CT molecular complexity index is 142. The van der Waals surface area contributed by atoms with E-state index in [-0.39, 0.29) is 0 Å². The average molecular weight is 193 g/mol. The van der Waals surface area contributed by atoms with E-state index in [9.17, 15) is 0 Å². The van der Waals surface area contributed by atoms with Gasteiger partial charge in [0.05, 0.1) is 0 Å². The van der Waals surface area contributed by atoms with Crippen LogP contribution in [0.15, 0.2) is 24.3 Å². The fraction of sp³-hybridized carbons (Fsp3) is 0.643. The third kappa shape index (κ3) is 11.5. The van der Waals surface area contributed by atoms with E-state index in [2.05, 4.69) is 38.2 Å². The van der Waals surface area contributed by atoms with Gasteiger partial charge in [0.25, 0.3) is 0 Å². The molecule has 0 aromatic rings. The van der Waals surface area contributed by atoms with Crippen LogP contribution in [-0.4, -0.2) is 0 Å². The Kier molecular flexibility index (Phi) is 12.0. The van der Waals surface area contributed by atoms with Crippen molar-refractivity contribution < 1.29 is 0 Å². The first-order valence-corrected chi connectivity index (χ1v) is 5.97. The molecule has 0 atom stereocenters. The lowest BCUT2D eigenvalue weighted by Gasteiger charge is -1.97. The molecular formula is C14H25. The normalized spacial score (nSPS) is 11.9. The maximum absolute atomic E-state index is 3.84. The molecule has 0 heterocycles. The van der Waals surface area contributed by atoms with Crippen LogP contribution in [-0.2, 0) is 0 Å². The van der Waals surface area contributed by atoms with Gasteiger partial charge in [-0.05, 0) is 26.2 Å². The average Bonchev–Trinajstić information content (AvgIpc) is 2.21. The van der Waals surface area contributed by atoms with Gasteiger partial charge in [-0.2, -0.15) is 0 Å². The van der Waals surface area contributed by atoms with Crippen molar-refractivity contribution in [3.05, 3.63) is 31.2 Å². The predicted octanol–water partition coefficient (Wildman–Crippen LogP) is 5.07. The van der Waals surface area contributed by atoms with Crippen LogP contribution < -0.4 is 0 Å². The van der Waals surface area contributed by atoms with E-state index >= 15 is 0 Å². The van der Waals surface area contributed by atoms with Gasteiger partial charge in [-0.15, -0.1) is 0 Å². The van der Waals surface area contributed by atoms with Crippen molar-refractivity contribution in [1.29, 1.82) is 0 Å². The highest BCUT2D eigenvalue weighted by atomic mass is 13.9. The first-order valence-electron chi connectivity index (χ1n) is 5.97. The third-order valence-electron chi connectivity index (χ3n) is 2.30. The molecule has 0 aliphatic rings. The van der Waals surface area contributed by atoms with Crippen LogP contribution in [0.5, 0.6) is 0 Å². The Balaban J connectivity index is 3.01. The van der Waals surface area contributed by atoms with Gasteiger partial charge in [-0.3, -0.25) is 0 Å². The molecule has 1 radical (unpaired) electrons. The molecule has 0 bridgehead atoms. The molecular weight excluding hydrogens is 168 g/mol. The highest BCUT2D eigenvalue weighted by molar-refractivity contribution is 4.91. The van der Waals surface area contributed by atoms with Crippen LogP contribution in [0.1, 0.15) is 58.3 Å². The first kappa shape index (κ1) is 13.5. The zero-order valence-corrected chi connectivity index (χ0v) is 9.67. The van der Waals surface area contributed by atoms with E-state index in [4.69, 9.17) is 0 Å². The van der Waals surface area contributed by atoms with Gasteiger partial charge in [-0.25, -0.2) is 0 Å². The van der Waals surface area contributed by atoms with Gasteiger partial charge in [0, 0.05) is 0 Å². The summed E-state index contributed by atoms with van der Waals surface area (Å²) in [6.07, 6.45) is 19.1. The molecule has 0 aromatic carbocycles. The Morgan fingerprint density at radius 3 is 2.29 bits per heavy atom. The lowest BCUT2D eigenvalue weighted by molar-refractivity contribution is 0.621. The van der Waals surface area contributed by atoms with Gasteiger partial charge >= 0.3 is 0 Å². The first-order chi connectivity index (χ1) is 6.91. The number of hydrogen-bond acceptors (Lipinski definition) is 0. The smallest absolute Gasteiger partial charge is 0.0169 e. The minimum absolute atomic E-state index is 1.10. The molecule has 0 amide bonds. The molecule has 0 N–H and O–H groups in total. The summed E-state index contributed by atoms with van der Waals surface area (Å²) in [5, 5.41) is 0. The molecule has 0 saturated carbocycles. The Morgan fingerprint density at radius 2 is 1.57 bits per heavy atom. The topological polar surface area (TPSA) is 0 Å². The standard InChI is InChI=1S/C14H25/c1-3-5-7-9-11-13-14-12-10-8-6-4-2/h4,6,10,12H,1,3,5,7-9,11,13-14H2,2H3/b6-4+,12-10+. The second-order valence-corrected chi connectivity index (χ2v) is 3.69. The quantitative estimate of drug-likeness (QED) is 0.354. The van der Waals surface area contributed by atoms with E-state index in [1.807, 2.05) is 0 Å². The van der Waals surface area contributed by atoms with Gasteiger partial charge < -0.3 is 0 Å². The maximum atomic E-state index is 3.84. The third-order valence-corrected chi connectivity index (χ3v) is 2.30. The summed E-state index contributed by atoms with van der Waals surface area (Å²) in [6, 6.07) is 0. The SMILES string of the molecule is [CH2]CCCCCCC/C=C/C/C=C/C. The maximum Gasteiger partial charge on any atom is -0.0169 e. The van der Waals surface area contributed by atoms with Crippen LogP contribution in [0, 0.1) is 6.92 Å². The molecule has 0 saturated heterocycles. The second-order valence-electron chi connectivity index (χ2n) is 3.69. The Labute approximate surface area is 90.1 Å². The van der Waals surface area contributed by atoms with Crippen LogP contribution in [0.3, 0.4) is 0 Å². The highest BCUT2D eigenvalue weighted by Crippen LogP contribution is 2.07. The van der Waals surface area contributed by atoms with E-state index < -0.39 is 0 Å². The second kappa shape index (κ2) is 12.5. The zero-order chi connectivity index (χ0) is 10.5. The lowest BCUT2D eigenvalue weighted by Crippen LogP contribution is -1.77. The van der Waals surface area contributed by atoms with E-state index in [0.29, 0.717) is 0 Å². The molecule has 81 valence electrons. The Hall–Kier alpha value is -0.520. The van der Waals surface area contributed by atoms with Gasteiger partial charge in [-0.1, -0.05) is 63.3 Å². The van der Waals surface area contributed by atoms with Crippen molar-refractivity contribution >= 4 is 0 Å². The molecule has 14 heavy (non-hydrogen) atoms. The lowest BCUT2D eigenvalue weighted by atomic mass is 10.1. The monoisotopic (exact) mass is 193 g/mol. The molecule has 0 unspecified atom stereocenters. The number of unbranched alkanes of at least 4 members (excludes halogenated alkanes) is 6. The van der Waals surface area contributed by atoms with Gasteiger partial charge in [0.1, 0.15) is 0 Å². The zero-order valence-electron chi connectivity index (χ0n) is 9.67. The molecule has 0 aliphatic heterocycles. The van der Waals surface area contributed by atoms with Crippen molar-refractivity contribution in [2.75, 3.05) is 0 Å². The van der Waals surface area contributed by atoms with Gasteiger partial charge in [0.15, 0.2) is 0 Å². The van der Waals surface area contributed by atoms with Crippen LogP contribution >= 0.6 is 0 Å². The van der Waals surface area contributed by atoms with E-state index in [0.717, 1.165) is 12.8 Å². The fourth-order valence-electron chi connectivity index (χ4n) is 1.40. The largest absolute Gasteiger partial charge is 0.0914 e. The van der Waals surface area contributed by atoms with Crippen molar-refractivity contribution in [3.8, 4) is 0 Å². The highest BCUT2D eigenvalue weighted by Gasteiger charge is 1.87. The molecule has 0 fully saturated rings. The molecule has 0 aliphatic carbocycles. The Morgan fingerprint density at radius 1 is 0.857 bits per heavy atom. The van der Waals surface area contributed by atoms with Crippen LogP contribution in [0.2, 0.25) is 0 Å². The van der Waals surface area contributed by atoms with Crippen LogP contribution in [0.25, 0.3) is 0 Å². The van der Waals surface area contributed by atoms with Crippen molar-refractivity contribution in [1.82, 2.24) is 0 Å². The summed E-state index contributed by atoms with van der Waals surface area (Å²) in [5.41, 5.74) is 0.